The number of amides is 2. The van der Waals surface area contributed by atoms with Crippen LogP contribution in [0, 0.1) is 5.92 Å². The first-order valence-electron chi connectivity index (χ1n) is 7.43. The highest BCUT2D eigenvalue weighted by Crippen LogP contribution is 2.32. The first kappa shape index (κ1) is 15.5. The molecule has 3 atom stereocenters. The van der Waals surface area contributed by atoms with Gasteiger partial charge in [0, 0.05) is 11.8 Å². The van der Waals surface area contributed by atoms with Crippen LogP contribution in [0.4, 0.5) is 4.79 Å². The van der Waals surface area contributed by atoms with E-state index in [1.54, 1.807) is 0 Å². The Kier molecular flexibility index (Phi) is 5.18. The summed E-state index contributed by atoms with van der Waals surface area (Å²) in [5, 5.41) is 15.5. The summed E-state index contributed by atoms with van der Waals surface area (Å²) >= 11 is 1.88. The Bertz CT molecular complexity index is 371. The maximum atomic E-state index is 12.0. The summed E-state index contributed by atoms with van der Waals surface area (Å²) in [6.45, 7) is 2.67. The van der Waals surface area contributed by atoms with Crippen LogP contribution in [-0.4, -0.2) is 40.2 Å². The van der Waals surface area contributed by atoms with Crippen molar-refractivity contribution in [1.82, 2.24) is 10.6 Å². The maximum Gasteiger partial charge on any atom is 0.329 e. The van der Waals surface area contributed by atoms with Gasteiger partial charge in [-0.3, -0.25) is 0 Å². The largest absolute Gasteiger partial charge is 0.480 e. The van der Waals surface area contributed by atoms with Crippen molar-refractivity contribution < 1.29 is 14.7 Å². The highest BCUT2D eigenvalue weighted by atomic mass is 32.2. The van der Waals surface area contributed by atoms with Gasteiger partial charge in [-0.1, -0.05) is 19.8 Å². The molecule has 3 unspecified atom stereocenters. The van der Waals surface area contributed by atoms with Crippen LogP contribution in [0.1, 0.15) is 45.4 Å². The molecule has 5 nitrogen and oxygen atoms in total. The van der Waals surface area contributed by atoms with E-state index in [-0.39, 0.29) is 6.03 Å². The Balaban J connectivity index is 1.87. The lowest BCUT2D eigenvalue weighted by Gasteiger charge is -2.37. The fourth-order valence-electron chi connectivity index (χ4n) is 3.19. The van der Waals surface area contributed by atoms with Gasteiger partial charge in [0.15, 0.2) is 0 Å². The molecule has 0 aromatic heterocycles. The molecule has 2 rings (SSSR count). The zero-order chi connectivity index (χ0) is 14.6. The third kappa shape index (κ3) is 3.81. The average Bonchev–Trinajstić information content (AvgIpc) is 2.89. The molecular weight excluding hydrogens is 276 g/mol. The third-order valence-corrected chi connectivity index (χ3v) is 5.67. The van der Waals surface area contributed by atoms with E-state index in [2.05, 4.69) is 10.6 Å². The molecule has 3 N–H and O–H groups in total. The van der Waals surface area contributed by atoms with Gasteiger partial charge in [-0.25, -0.2) is 9.59 Å². The van der Waals surface area contributed by atoms with Crippen LogP contribution in [0.3, 0.4) is 0 Å². The summed E-state index contributed by atoms with van der Waals surface area (Å²) in [6.07, 6.45) is 5.27. The predicted molar refractivity (Wildman–Crippen MR) is 80.0 cm³/mol. The maximum absolute atomic E-state index is 12.0. The van der Waals surface area contributed by atoms with Gasteiger partial charge in [0.05, 0.1) is 0 Å². The second kappa shape index (κ2) is 6.70. The number of carbonyl (C=O) groups excluding carboxylic acids is 1. The normalized spacial score (nSPS) is 33.6. The fourth-order valence-corrected chi connectivity index (χ4v) is 4.39. The minimum absolute atomic E-state index is 0.338. The van der Waals surface area contributed by atoms with E-state index in [0.717, 1.165) is 25.0 Å². The van der Waals surface area contributed by atoms with E-state index in [1.165, 1.54) is 6.42 Å². The predicted octanol–water partition coefficient (Wildman–Crippen LogP) is 2.21. The number of urea groups is 1. The van der Waals surface area contributed by atoms with Crippen molar-refractivity contribution in [2.45, 2.75) is 56.2 Å². The molecule has 1 aliphatic carbocycles. The first-order valence-corrected chi connectivity index (χ1v) is 8.48. The molecule has 114 valence electrons. The van der Waals surface area contributed by atoms with E-state index in [4.69, 9.17) is 0 Å². The lowest BCUT2D eigenvalue weighted by molar-refractivity contribution is -0.146. The quantitative estimate of drug-likeness (QED) is 0.744. The summed E-state index contributed by atoms with van der Waals surface area (Å²) in [4.78, 5) is 23.6. The van der Waals surface area contributed by atoms with Gasteiger partial charge in [-0.05, 0) is 37.4 Å². The standard InChI is InChI=1S/C14H24N2O3S/c1-10-4-2-6-14(8-10,12(17)18)16-13(19)15-9-11-5-3-7-20-11/h10-11H,2-9H2,1H3,(H,17,18)(H2,15,16,19). The van der Waals surface area contributed by atoms with Crippen LogP contribution in [0.5, 0.6) is 0 Å². The van der Waals surface area contributed by atoms with Crippen LogP contribution in [-0.2, 0) is 4.79 Å². The number of hydrogen-bond acceptors (Lipinski definition) is 3. The summed E-state index contributed by atoms with van der Waals surface area (Å²) in [5.41, 5.74) is -1.08. The van der Waals surface area contributed by atoms with Gasteiger partial charge in [-0.2, -0.15) is 11.8 Å². The Labute approximate surface area is 124 Å². The van der Waals surface area contributed by atoms with Gasteiger partial charge in [0.2, 0.25) is 0 Å². The summed E-state index contributed by atoms with van der Waals surface area (Å²) in [7, 11) is 0. The molecule has 6 heteroatoms. The zero-order valence-corrected chi connectivity index (χ0v) is 12.8. The Hall–Kier alpha value is -0.910. The van der Waals surface area contributed by atoms with Crippen molar-refractivity contribution in [2.75, 3.05) is 12.3 Å². The molecule has 1 saturated carbocycles. The average molecular weight is 300 g/mol. The van der Waals surface area contributed by atoms with Crippen molar-refractivity contribution in [3.8, 4) is 0 Å². The first-order chi connectivity index (χ1) is 9.52. The van der Waals surface area contributed by atoms with Crippen molar-refractivity contribution in [1.29, 1.82) is 0 Å². The van der Waals surface area contributed by atoms with Gasteiger partial charge in [0.25, 0.3) is 0 Å². The second-order valence-electron chi connectivity index (χ2n) is 6.06. The molecule has 0 aromatic carbocycles. The smallest absolute Gasteiger partial charge is 0.329 e. The van der Waals surface area contributed by atoms with Crippen LogP contribution in [0.15, 0.2) is 0 Å². The number of thioether (sulfide) groups is 1. The van der Waals surface area contributed by atoms with Gasteiger partial charge >= 0.3 is 12.0 Å². The highest BCUT2D eigenvalue weighted by molar-refractivity contribution is 8.00. The monoisotopic (exact) mass is 300 g/mol. The zero-order valence-electron chi connectivity index (χ0n) is 12.0. The van der Waals surface area contributed by atoms with Crippen LogP contribution in [0.2, 0.25) is 0 Å². The number of hydrogen-bond donors (Lipinski definition) is 3. The van der Waals surface area contributed by atoms with Crippen molar-refractivity contribution in [2.24, 2.45) is 5.92 Å². The lowest BCUT2D eigenvalue weighted by Crippen LogP contribution is -2.59. The van der Waals surface area contributed by atoms with Crippen LogP contribution < -0.4 is 10.6 Å². The molecule has 1 aliphatic heterocycles. The van der Waals surface area contributed by atoms with E-state index < -0.39 is 11.5 Å². The molecule has 0 spiro atoms. The number of rotatable bonds is 4. The molecule has 20 heavy (non-hydrogen) atoms. The van der Waals surface area contributed by atoms with Crippen molar-refractivity contribution in [3.63, 3.8) is 0 Å². The molecule has 2 fully saturated rings. The lowest BCUT2D eigenvalue weighted by atomic mass is 9.76. The van der Waals surface area contributed by atoms with E-state index >= 15 is 0 Å². The number of carbonyl (C=O) groups is 2. The molecule has 2 amide bonds. The van der Waals surface area contributed by atoms with Crippen LogP contribution in [0.25, 0.3) is 0 Å². The molecule has 0 aromatic rings. The molecule has 0 radical (unpaired) electrons. The summed E-state index contributed by atoms with van der Waals surface area (Å²) < 4.78 is 0. The van der Waals surface area contributed by atoms with Gasteiger partial charge in [0.1, 0.15) is 5.54 Å². The topological polar surface area (TPSA) is 78.4 Å². The minimum atomic E-state index is -1.08. The van der Waals surface area contributed by atoms with Crippen LogP contribution >= 0.6 is 11.8 Å². The molecule has 0 bridgehead atoms. The SMILES string of the molecule is CC1CCCC(NC(=O)NCC2CCCS2)(C(=O)O)C1. The van der Waals surface area contributed by atoms with Gasteiger partial charge < -0.3 is 15.7 Å². The number of carboxylic acids is 1. The van der Waals surface area contributed by atoms with Crippen molar-refractivity contribution in [3.05, 3.63) is 0 Å². The Morgan fingerprint density at radius 2 is 2.15 bits per heavy atom. The molecule has 1 saturated heterocycles. The Morgan fingerprint density at radius 1 is 1.35 bits per heavy atom. The van der Waals surface area contributed by atoms with E-state index in [9.17, 15) is 14.7 Å². The summed E-state index contributed by atoms with van der Waals surface area (Å²) in [6, 6.07) is -0.339. The molecule has 1 heterocycles. The molecular formula is C14H24N2O3S. The fraction of sp³-hybridized carbons (Fsp3) is 0.857. The third-order valence-electron chi connectivity index (χ3n) is 4.27. The minimum Gasteiger partial charge on any atom is -0.480 e. The molecule has 2 aliphatic rings. The summed E-state index contributed by atoms with van der Waals surface area (Å²) in [5.74, 6) is 0.588. The highest BCUT2D eigenvalue weighted by Gasteiger charge is 2.43. The number of aliphatic carboxylic acids is 1. The second-order valence-corrected chi connectivity index (χ2v) is 7.47. The Morgan fingerprint density at radius 3 is 2.75 bits per heavy atom. The van der Waals surface area contributed by atoms with Crippen molar-refractivity contribution >= 4 is 23.8 Å². The van der Waals surface area contributed by atoms with E-state index in [1.807, 2.05) is 18.7 Å². The van der Waals surface area contributed by atoms with E-state index in [0.29, 0.717) is 30.6 Å². The van der Waals surface area contributed by atoms with Gasteiger partial charge in [-0.15, -0.1) is 0 Å². The number of carboxylic acid groups (broad SMARTS) is 1. The number of nitrogens with one attached hydrogen (secondary N) is 2.